The van der Waals surface area contributed by atoms with Gasteiger partial charge in [-0.1, -0.05) is 0 Å². The molecule has 0 saturated heterocycles. The first-order valence-electron chi connectivity index (χ1n) is 0.204. The molecule has 0 heterocycles. The van der Waals surface area contributed by atoms with Crippen LogP contribution in [0.25, 0.3) is 0 Å². The molecule has 36 valence electrons. The Hall–Kier alpha value is 2.70. The van der Waals surface area contributed by atoms with Gasteiger partial charge < -0.3 is 0 Å². The Morgan fingerprint density at radius 1 is 1.20 bits per heavy atom. The summed E-state index contributed by atoms with van der Waals surface area (Å²) in [4.78, 5) is 0. The van der Waals surface area contributed by atoms with Crippen LogP contribution >= 0.6 is 0 Å². The van der Waals surface area contributed by atoms with Gasteiger partial charge in [0.1, 0.15) is 0 Å². The summed E-state index contributed by atoms with van der Waals surface area (Å²) in [5, 5.41) is 0. The van der Waals surface area contributed by atoms with Crippen LogP contribution in [0.3, 0.4) is 0 Å². The van der Waals surface area contributed by atoms with E-state index in [1.54, 1.807) is 0 Å². The Labute approximate surface area is 89.2 Å². The molecule has 0 unspecified atom stereocenters. The van der Waals surface area contributed by atoms with E-state index in [4.69, 9.17) is 0.938 Å². The fourth-order valence-electron chi connectivity index (χ4n) is 0. The molecule has 0 spiro atoms. The molecule has 5 heavy (non-hydrogen) atoms. The van der Waals surface area contributed by atoms with Crippen LogP contribution in [-0.2, 0) is 51.3 Å². The van der Waals surface area contributed by atoms with Crippen molar-refractivity contribution in [1.29, 1.82) is 0 Å². The van der Waals surface area contributed by atoms with E-state index in [0.29, 0.717) is 0 Å². The molecule has 2 radical (unpaired) electrons. The van der Waals surface area contributed by atoms with Crippen molar-refractivity contribution in [3.63, 3.8) is 0 Å². The number of hydrogen-bond donors (Lipinski definition) is 0. The second-order valence-electron chi connectivity index (χ2n) is 0. The SMILES string of the molecule is [Co].[Mn].[Ni].[O]=[Ce]. The monoisotopic (exact) mass is 328 g/mol. The molecule has 0 atom stereocenters. The average molecular weight is 329 g/mol. The van der Waals surface area contributed by atoms with Gasteiger partial charge in [-0.25, -0.2) is 0 Å². The van der Waals surface area contributed by atoms with Crippen LogP contribution in [-0.4, -0.2) is 0 Å². The van der Waals surface area contributed by atoms with E-state index in [1.165, 1.54) is 0 Å². The molecule has 0 aliphatic rings. The molecule has 0 aromatic heterocycles. The minimum absolute atomic E-state index is 0. The summed E-state index contributed by atoms with van der Waals surface area (Å²) < 4.78 is 8.39. The van der Waals surface area contributed by atoms with Gasteiger partial charge in [0.2, 0.25) is 0 Å². The van der Waals surface area contributed by atoms with Crippen LogP contribution in [0.15, 0.2) is 0 Å². The number of hydrogen-bond acceptors (Lipinski definition) is 1. The second kappa shape index (κ2) is 29.9. The van der Waals surface area contributed by atoms with Gasteiger partial charge in [-0.3, -0.25) is 0 Å². The van der Waals surface area contributed by atoms with Crippen LogP contribution in [0, 0.1) is 39.8 Å². The Kier molecular flexibility index (Phi) is 151. The topological polar surface area (TPSA) is 17.1 Å². The van der Waals surface area contributed by atoms with Gasteiger partial charge in [-0.2, -0.15) is 0 Å². The summed E-state index contributed by atoms with van der Waals surface area (Å²) in [5.41, 5.74) is 0. The van der Waals surface area contributed by atoms with Gasteiger partial charge in [-0.05, 0) is 0 Å². The molecule has 0 amide bonds. The van der Waals surface area contributed by atoms with E-state index in [-0.39, 0.29) is 90.1 Å². The third-order valence-electron chi connectivity index (χ3n) is 0. The minimum atomic E-state index is 0. The van der Waals surface area contributed by atoms with E-state index in [9.17, 15) is 0 Å². The normalized spacial score (nSPS) is 0.600. The molecule has 0 saturated carbocycles. The zero-order chi connectivity index (χ0) is 2.00. The molecular formula is CeCoMnNiO. The van der Waals surface area contributed by atoms with Crippen molar-refractivity contribution in [2.75, 3.05) is 0 Å². The van der Waals surface area contributed by atoms with Crippen molar-refractivity contribution in [2.24, 2.45) is 0 Å². The molecule has 0 rings (SSSR count). The molecule has 0 aliphatic heterocycles. The van der Waals surface area contributed by atoms with E-state index in [0.717, 1.165) is 0 Å². The summed E-state index contributed by atoms with van der Waals surface area (Å²) in [5.74, 6) is 0. The zero-order valence-corrected chi connectivity index (χ0v) is 8.28. The van der Waals surface area contributed by atoms with E-state index in [1.807, 2.05) is 0 Å². The molecule has 0 bridgehead atoms. The summed E-state index contributed by atoms with van der Waals surface area (Å²) in [6.07, 6.45) is 0. The average Bonchev–Trinajstić information content (AvgIpc) is 1.00. The van der Waals surface area contributed by atoms with E-state index in [2.05, 4.69) is 0 Å². The second-order valence-corrected chi connectivity index (χ2v) is 0. The number of rotatable bonds is 0. The van der Waals surface area contributed by atoms with Crippen LogP contribution in [0.2, 0.25) is 0 Å². The molecule has 0 fully saturated rings. The standard InChI is InChI=1S/Ce.Co.Mn.Ni.O. The Morgan fingerprint density at radius 3 is 1.20 bits per heavy atom. The van der Waals surface area contributed by atoms with Crippen LogP contribution < -0.4 is 0 Å². The Morgan fingerprint density at radius 2 is 1.20 bits per heavy atom. The quantitative estimate of drug-likeness (QED) is 0.567. The third-order valence-corrected chi connectivity index (χ3v) is 0. The fraction of sp³-hybridized carbons (Fsp3) is 0. The van der Waals surface area contributed by atoms with Crippen molar-refractivity contribution >= 4 is 0 Å². The van der Waals surface area contributed by atoms with Crippen molar-refractivity contribution in [3.05, 3.63) is 0 Å². The molecule has 0 aliphatic carbocycles. The summed E-state index contributed by atoms with van der Waals surface area (Å²) in [6, 6.07) is 0. The predicted molar refractivity (Wildman–Crippen MR) is 0.686 cm³/mol. The maximum absolute atomic E-state index is 8.39. The first-order chi connectivity index (χ1) is 1.00. The first kappa shape index (κ1) is 25.3. The van der Waals surface area contributed by atoms with Crippen LogP contribution in [0.5, 0.6) is 0 Å². The summed E-state index contributed by atoms with van der Waals surface area (Å²) in [6.45, 7) is 0. The van der Waals surface area contributed by atoms with Gasteiger partial charge in [0, 0.05) is 50.3 Å². The van der Waals surface area contributed by atoms with Crippen molar-refractivity contribution in [3.8, 4) is 0 Å². The third kappa shape index (κ3) is 20.3. The molecule has 0 N–H and O–H groups in total. The van der Waals surface area contributed by atoms with Crippen molar-refractivity contribution in [2.45, 2.75) is 0 Å². The Balaban J connectivity index is -0.00000000167. The molecule has 5 heteroatoms. The fourth-order valence-corrected chi connectivity index (χ4v) is 0. The van der Waals surface area contributed by atoms with Crippen molar-refractivity contribution in [1.82, 2.24) is 0 Å². The summed E-state index contributed by atoms with van der Waals surface area (Å²) in [7, 11) is 0. The maximum atomic E-state index is 8.39. The van der Waals surface area contributed by atoms with Crippen molar-refractivity contribution < 1.29 is 91.1 Å². The van der Waals surface area contributed by atoms with Gasteiger partial charge >= 0.3 is 40.7 Å². The van der Waals surface area contributed by atoms with Gasteiger partial charge in [0.05, 0.1) is 0 Å². The Bertz CT molecular complexity index is 11.6. The van der Waals surface area contributed by atoms with E-state index < -0.39 is 0 Å². The van der Waals surface area contributed by atoms with Crippen LogP contribution in [0.1, 0.15) is 0 Å². The van der Waals surface area contributed by atoms with Gasteiger partial charge in [0.15, 0.2) is 0 Å². The zero-order valence-electron chi connectivity index (χ0n) is 1.94. The molecule has 1 nitrogen and oxygen atoms in total. The first-order valence-corrected chi connectivity index (χ1v) is 1.49. The predicted octanol–water partition coefficient (Wildman–Crippen LogP) is -0.126. The molecule has 0 aromatic rings. The van der Waals surface area contributed by atoms with Gasteiger partial charge in [0.25, 0.3) is 0 Å². The van der Waals surface area contributed by atoms with E-state index >= 15 is 0 Å². The molecular weight excluding hydrogens is 329 g/mol. The summed E-state index contributed by atoms with van der Waals surface area (Å²) >= 11 is 0.0556. The van der Waals surface area contributed by atoms with Gasteiger partial charge in [-0.15, -0.1) is 0 Å². The van der Waals surface area contributed by atoms with Crippen LogP contribution in [0.4, 0.5) is 0 Å². The molecule has 0 aromatic carbocycles.